The summed E-state index contributed by atoms with van der Waals surface area (Å²) in [6.07, 6.45) is -0.265. The first-order valence-electron chi connectivity index (χ1n) is 7.87. The Kier molecular flexibility index (Phi) is 1.59. The summed E-state index contributed by atoms with van der Waals surface area (Å²) in [4.78, 5) is 6.69. The molecule has 3 rings (SSSR count). The first-order chi connectivity index (χ1) is 10.0. The van der Waals surface area contributed by atoms with Crippen LogP contribution in [0.3, 0.4) is 0 Å². The van der Waals surface area contributed by atoms with Crippen LogP contribution in [0.1, 0.15) is 33.2 Å². The second-order valence-electron chi connectivity index (χ2n) is 5.45. The van der Waals surface area contributed by atoms with Crippen molar-refractivity contribution in [3.63, 3.8) is 0 Å². The Hall–Kier alpha value is -1.33. The number of nitrogens with zero attached hydrogens (tertiary/aromatic N) is 1. The van der Waals surface area contributed by atoms with Crippen molar-refractivity contribution in [3.8, 4) is 11.4 Å². The predicted molar refractivity (Wildman–Crippen MR) is 70.9 cm³/mol. The van der Waals surface area contributed by atoms with Gasteiger partial charge in [-0.05, 0) is 33.7 Å². The van der Waals surface area contributed by atoms with Gasteiger partial charge in [0.25, 0.3) is 0 Å². The van der Waals surface area contributed by atoms with E-state index in [9.17, 15) is 0 Å². The zero-order valence-electron chi connectivity index (χ0n) is 14.8. The summed E-state index contributed by atoms with van der Waals surface area (Å²) in [5.41, 5.74) is -0.495. The first kappa shape index (κ1) is 7.97. The van der Waals surface area contributed by atoms with Crippen molar-refractivity contribution < 1.29 is 14.8 Å². The zero-order chi connectivity index (χ0) is 16.4. The van der Waals surface area contributed by atoms with Gasteiger partial charge in [-0.15, -0.1) is 0 Å². The normalized spacial score (nSPS) is 24.8. The fraction of sp³-hybridized carbons (Fsp3) is 0.462. The predicted octanol–water partition coefficient (Wildman–Crippen LogP) is 1.81. The summed E-state index contributed by atoms with van der Waals surface area (Å²) >= 11 is 0. The monoisotopic (exact) mass is 248 g/mol. The van der Waals surface area contributed by atoms with Crippen LogP contribution < -0.4 is 5.46 Å². The maximum atomic E-state index is 8.08. The molecule has 0 aromatic carbocycles. The van der Waals surface area contributed by atoms with E-state index in [1.54, 1.807) is 0 Å². The van der Waals surface area contributed by atoms with Gasteiger partial charge in [-0.2, -0.15) is 0 Å². The van der Waals surface area contributed by atoms with Gasteiger partial charge in [0.1, 0.15) is 5.82 Å². The smallest absolute Gasteiger partial charge is 0.399 e. The second-order valence-corrected chi connectivity index (χ2v) is 5.45. The van der Waals surface area contributed by atoms with E-state index in [0.29, 0.717) is 11.0 Å². The van der Waals surface area contributed by atoms with E-state index in [4.69, 9.17) is 14.8 Å². The molecule has 0 aromatic heterocycles. The zero-order valence-corrected chi connectivity index (χ0v) is 10.8. The van der Waals surface area contributed by atoms with E-state index in [1.807, 2.05) is 27.7 Å². The fourth-order valence-corrected chi connectivity index (χ4v) is 1.89. The molecule has 1 fully saturated rings. The minimum absolute atomic E-state index is 0.0664. The molecule has 18 heavy (non-hydrogen) atoms. The van der Waals surface area contributed by atoms with Crippen molar-refractivity contribution in [1.82, 2.24) is 9.97 Å². The van der Waals surface area contributed by atoms with E-state index in [2.05, 4.69) is 9.97 Å². The van der Waals surface area contributed by atoms with Crippen molar-refractivity contribution in [3.05, 3.63) is 24.4 Å². The lowest BCUT2D eigenvalue weighted by molar-refractivity contribution is 0.00578. The molecule has 3 heterocycles. The van der Waals surface area contributed by atoms with E-state index in [1.165, 1.54) is 0 Å². The summed E-state index contributed by atoms with van der Waals surface area (Å²) in [7, 11) is -0.823. The number of nitrogens with one attached hydrogen (secondary N) is 1. The molecule has 5 heteroatoms. The third-order valence-electron chi connectivity index (χ3n) is 3.71. The lowest BCUT2D eigenvalue weighted by atomic mass is 9.78. The topological polar surface area (TPSA) is 47.1 Å². The highest BCUT2D eigenvalue weighted by atomic mass is 16.7. The Morgan fingerprint density at radius 2 is 1.94 bits per heavy atom. The van der Waals surface area contributed by atoms with Crippen LogP contribution in [-0.2, 0) is 9.31 Å². The van der Waals surface area contributed by atoms with E-state index < -0.39 is 18.3 Å². The average molecular weight is 248 g/mol. The minimum atomic E-state index is -0.823. The molecule has 0 atom stereocenters. The largest absolute Gasteiger partial charge is 0.497 e. The molecule has 1 N–H and O–H groups in total. The van der Waals surface area contributed by atoms with Gasteiger partial charge < -0.3 is 14.3 Å². The van der Waals surface area contributed by atoms with Gasteiger partial charge >= 0.3 is 7.12 Å². The third kappa shape index (κ3) is 1.58. The van der Waals surface area contributed by atoms with Crippen LogP contribution in [0.25, 0.3) is 11.4 Å². The molecule has 0 saturated carbocycles. The molecule has 3 aliphatic rings. The Morgan fingerprint density at radius 1 is 1.28 bits per heavy atom. The van der Waals surface area contributed by atoms with Crippen LogP contribution in [0, 0.1) is 0 Å². The quantitative estimate of drug-likeness (QED) is 0.783. The molecule has 1 saturated heterocycles. The van der Waals surface area contributed by atoms with Crippen LogP contribution in [0.5, 0.6) is 0 Å². The summed E-state index contributed by atoms with van der Waals surface area (Å²) in [5, 5.41) is 0. The van der Waals surface area contributed by atoms with Crippen molar-refractivity contribution >= 4 is 12.6 Å². The lowest BCUT2D eigenvalue weighted by Gasteiger charge is -2.32. The molecule has 3 aliphatic heterocycles. The number of H-pyrrole nitrogens is 1. The number of pyridine rings is 1. The Morgan fingerprint density at radius 3 is 2.61 bits per heavy atom. The Labute approximate surface area is 113 Å². The van der Waals surface area contributed by atoms with E-state index >= 15 is 0 Å². The number of hydrogen-bond donors (Lipinski definition) is 1. The summed E-state index contributed by atoms with van der Waals surface area (Å²) in [5.74, 6) is 0.237. The second kappa shape index (κ2) is 3.59. The van der Waals surface area contributed by atoms with Gasteiger partial charge in [0, 0.05) is 23.4 Å². The van der Waals surface area contributed by atoms with Gasteiger partial charge in [-0.3, -0.25) is 0 Å². The van der Waals surface area contributed by atoms with Crippen LogP contribution in [0.15, 0.2) is 24.4 Å². The van der Waals surface area contributed by atoms with Gasteiger partial charge in [0.15, 0.2) is 0 Å². The molecule has 94 valence electrons. The number of rotatable bonds is 1. The third-order valence-corrected chi connectivity index (χ3v) is 3.71. The lowest BCUT2D eigenvalue weighted by Crippen LogP contribution is -2.41. The van der Waals surface area contributed by atoms with Crippen LogP contribution in [0.2, 0.25) is 0 Å². The van der Waals surface area contributed by atoms with Crippen LogP contribution >= 0.6 is 0 Å². The Bertz CT molecular complexity index is 716. The van der Waals surface area contributed by atoms with Crippen molar-refractivity contribution in [1.29, 1.82) is 0 Å². The number of aromatic nitrogens is 2. The molecule has 0 unspecified atom stereocenters. The fourth-order valence-electron chi connectivity index (χ4n) is 1.89. The van der Waals surface area contributed by atoms with Gasteiger partial charge in [-0.25, -0.2) is 4.98 Å². The molecular weight excluding hydrogens is 227 g/mol. The highest BCUT2D eigenvalue weighted by molar-refractivity contribution is 6.63. The average Bonchev–Trinajstić information content (AvgIpc) is 2.80. The molecule has 0 amide bonds. The number of fused-ring (bicyclic) bond motifs is 1. The van der Waals surface area contributed by atoms with Gasteiger partial charge in [-0.1, -0.05) is 6.04 Å². The molecule has 4 nitrogen and oxygen atoms in total. The SMILES string of the molecule is [2H]c1nc2[nH]c([2H])c([2H])c([2H])c-2c1B1OC(C)(C)C(C)(C)O1. The van der Waals surface area contributed by atoms with Crippen molar-refractivity contribution in [2.24, 2.45) is 0 Å². The van der Waals surface area contributed by atoms with Crippen LogP contribution in [-0.4, -0.2) is 28.3 Å². The van der Waals surface area contributed by atoms with Crippen LogP contribution in [0.4, 0.5) is 0 Å². The first-order valence-corrected chi connectivity index (χ1v) is 5.87. The maximum Gasteiger partial charge on any atom is 0.497 e. The minimum Gasteiger partial charge on any atom is -0.399 e. The molecule has 0 aliphatic carbocycles. The Balaban J connectivity index is 2.18. The maximum absolute atomic E-state index is 8.08. The molecule has 0 bridgehead atoms. The molecule has 0 radical (unpaired) electrons. The standard InChI is InChI=1S/C13H17BN2O2/c1-12(2)13(3,4)18-14(17-12)10-8-16-11-9(10)6-5-7-15-11/h5-8H,1-4H3,(H,15,16)/i5D,6D,7D,8D. The molecular formula is C13H17BN2O2. The molecule has 0 aromatic rings. The number of hydrogen-bond acceptors (Lipinski definition) is 3. The summed E-state index contributed by atoms with van der Waals surface area (Å²) in [6, 6.07) is -0.382. The van der Waals surface area contributed by atoms with Crippen molar-refractivity contribution in [2.75, 3.05) is 0 Å². The number of aromatic amines is 1. The molecule has 0 spiro atoms. The van der Waals surface area contributed by atoms with Gasteiger partial charge in [0.05, 0.1) is 16.7 Å². The summed E-state index contributed by atoms with van der Waals surface area (Å²) in [6.45, 7) is 7.61. The van der Waals surface area contributed by atoms with E-state index in [0.717, 1.165) is 0 Å². The summed E-state index contributed by atoms with van der Waals surface area (Å²) < 4.78 is 43.4. The van der Waals surface area contributed by atoms with E-state index in [-0.39, 0.29) is 30.3 Å². The highest BCUT2D eigenvalue weighted by Crippen LogP contribution is 2.37. The highest BCUT2D eigenvalue weighted by Gasteiger charge is 2.52. The van der Waals surface area contributed by atoms with Gasteiger partial charge in [0.2, 0.25) is 0 Å². The van der Waals surface area contributed by atoms with Crippen molar-refractivity contribution in [2.45, 2.75) is 38.9 Å².